The van der Waals surface area contributed by atoms with E-state index < -0.39 is 14.9 Å². The lowest BCUT2D eigenvalue weighted by Crippen LogP contribution is -2.13. The molecule has 3 rings (SSSR count). The quantitative estimate of drug-likeness (QED) is 0.512. The number of aromatic nitrogens is 3. The highest BCUT2D eigenvalue weighted by atomic mass is 35.5. The minimum Gasteiger partial charge on any atom is -0.317 e. The van der Waals surface area contributed by atoms with Gasteiger partial charge in [0.2, 0.25) is 0 Å². The van der Waals surface area contributed by atoms with Gasteiger partial charge in [0.25, 0.3) is 15.7 Å². The highest BCUT2D eigenvalue weighted by molar-refractivity contribution is 7.92. The molecule has 0 amide bonds. The molecule has 2 aromatic carbocycles. The van der Waals surface area contributed by atoms with Crippen LogP contribution in [0.2, 0.25) is 5.02 Å². The average Bonchev–Trinajstić information content (AvgIpc) is 3.03. The van der Waals surface area contributed by atoms with Gasteiger partial charge in [-0.2, -0.15) is 0 Å². The van der Waals surface area contributed by atoms with Crippen molar-refractivity contribution < 1.29 is 13.3 Å². The third kappa shape index (κ3) is 3.76. The summed E-state index contributed by atoms with van der Waals surface area (Å²) in [5.74, 6) is 0.630. The summed E-state index contributed by atoms with van der Waals surface area (Å²) in [6, 6.07) is 8.66. The second kappa shape index (κ2) is 6.97. The predicted octanol–water partition coefficient (Wildman–Crippen LogP) is 3.15. The van der Waals surface area contributed by atoms with Crippen LogP contribution >= 0.6 is 11.6 Å². The minimum atomic E-state index is -4.06. The molecule has 0 aliphatic carbocycles. The highest BCUT2D eigenvalue weighted by Gasteiger charge is 2.22. The molecule has 0 saturated heterocycles. The summed E-state index contributed by atoms with van der Waals surface area (Å²) in [6.07, 6.45) is 1.56. The number of nitro benzene ring substituents is 1. The van der Waals surface area contributed by atoms with Crippen molar-refractivity contribution in [2.45, 2.75) is 11.8 Å². The monoisotopic (exact) mass is 407 g/mol. The molecule has 27 heavy (non-hydrogen) atoms. The molecule has 0 saturated carbocycles. The zero-order chi connectivity index (χ0) is 19.8. The van der Waals surface area contributed by atoms with Crippen LogP contribution in [0.4, 0.5) is 11.4 Å². The topological polar surface area (TPSA) is 120 Å². The Balaban J connectivity index is 1.91. The molecule has 1 N–H and O–H groups in total. The van der Waals surface area contributed by atoms with E-state index in [2.05, 4.69) is 14.9 Å². The summed E-state index contributed by atoms with van der Waals surface area (Å²) in [7, 11) is -2.26. The van der Waals surface area contributed by atoms with Gasteiger partial charge in [-0.3, -0.25) is 14.8 Å². The number of nitrogens with one attached hydrogen (secondary N) is 1. The van der Waals surface area contributed by atoms with Crippen LogP contribution in [0.5, 0.6) is 0 Å². The molecule has 0 spiro atoms. The molecule has 0 bridgehead atoms. The Labute approximate surface area is 159 Å². The molecule has 0 atom stereocenters. The maximum Gasteiger partial charge on any atom is 0.275 e. The van der Waals surface area contributed by atoms with Gasteiger partial charge in [-0.15, -0.1) is 10.2 Å². The molecular weight excluding hydrogens is 394 g/mol. The zero-order valence-electron chi connectivity index (χ0n) is 14.2. The molecule has 9 nitrogen and oxygen atoms in total. The number of benzene rings is 2. The van der Waals surface area contributed by atoms with E-state index in [4.69, 9.17) is 11.6 Å². The third-order valence-electron chi connectivity index (χ3n) is 3.90. The van der Waals surface area contributed by atoms with Gasteiger partial charge in [0.05, 0.1) is 14.8 Å². The summed E-state index contributed by atoms with van der Waals surface area (Å²) in [4.78, 5) is 10.1. The van der Waals surface area contributed by atoms with Crippen molar-refractivity contribution in [1.29, 1.82) is 0 Å². The molecule has 3 aromatic rings. The number of nitrogens with zero attached hydrogens (tertiary/aromatic N) is 4. The van der Waals surface area contributed by atoms with E-state index in [1.165, 1.54) is 13.0 Å². The van der Waals surface area contributed by atoms with Crippen LogP contribution in [-0.2, 0) is 17.1 Å². The lowest BCUT2D eigenvalue weighted by atomic mass is 10.2. The van der Waals surface area contributed by atoms with Crippen molar-refractivity contribution in [3.05, 3.63) is 63.4 Å². The van der Waals surface area contributed by atoms with Crippen LogP contribution < -0.4 is 4.72 Å². The summed E-state index contributed by atoms with van der Waals surface area (Å²) in [6.45, 7) is 1.45. The zero-order valence-corrected chi connectivity index (χ0v) is 15.8. The summed E-state index contributed by atoms with van der Waals surface area (Å²) < 4.78 is 29.3. The Kier molecular flexibility index (Phi) is 4.85. The highest BCUT2D eigenvalue weighted by Crippen LogP contribution is 2.30. The summed E-state index contributed by atoms with van der Waals surface area (Å²) in [5, 5.41) is 18.9. The first-order chi connectivity index (χ1) is 12.7. The van der Waals surface area contributed by atoms with Gasteiger partial charge in [-0.25, -0.2) is 8.42 Å². The van der Waals surface area contributed by atoms with Gasteiger partial charge < -0.3 is 4.57 Å². The van der Waals surface area contributed by atoms with Crippen LogP contribution in [0, 0.1) is 17.0 Å². The van der Waals surface area contributed by atoms with E-state index in [9.17, 15) is 18.5 Å². The number of rotatable bonds is 5. The molecule has 0 aliphatic rings. The molecule has 140 valence electrons. The van der Waals surface area contributed by atoms with Crippen LogP contribution in [-0.4, -0.2) is 28.1 Å². The van der Waals surface area contributed by atoms with E-state index in [0.717, 1.165) is 11.6 Å². The predicted molar refractivity (Wildman–Crippen MR) is 100 cm³/mol. The molecule has 1 aromatic heterocycles. The fraction of sp³-hybridized carbons (Fsp3) is 0.125. The Morgan fingerprint density at radius 2 is 1.89 bits per heavy atom. The van der Waals surface area contributed by atoms with E-state index in [0.29, 0.717) is 11.5 Å². The number of halogens is 1. The number of aryl methyl sites for hydroxylation is 1. The van der Waals surface area contributed by atoms with Gasteiger partial charge in [-0.1, -0.05) is 11.6 Å². The normalized spacial score (nSPS) is 11.4. The summed E-state index contributed by atoms with van der Waals surface area (Å²) in [5.41, 5.74) is 0.890. The van der Waals surface area contributed by atoms with Crippen LogP contribution in [0.3, 0.4) is 0 Å². The molecule has 0 fully saturated rings. The third-order valence-corrected chi connectivity index (χ3v) is 5.66. The van der Waals surface area contributed by atoms with Crippen molar-refractivity contribution in [1.82, 2.24) is 14.8 Å². The van der Waals surface area contributed by atoms with Crippen molar-refractivity contribution in [2.24, 2.45) is 7.05 Å². The Bertz CT molecular complexity index is 1130. The largest absolute Gasteiger partial charge is 0.317 e. The van der Waals surface area contributed by atoms with E-state index in [1.807, 2.05) is 0 Å². The smallest absolute Gasteiger partial charge is 0.275 e. The average molecular weight is 408 g/mol. The van der Waals surface area contributed by atoms with Crippen molar-refractivity contribution in [3.8, 4) is 11.4 Å². The maximum absolute atomic E-state index is 12.6. The lowest BCUT2D eigenvalue weighted by Gasteiger charge is -2.10. The van der Waals surface area contributed by atoms with Crippen molar-refractivity contribution in [2.75, 3.05) is 4.72 Å². The molecule has 11 heteroatoms. The van der Waals surface area contributed by atoms with Crippen molar-refractivity contribution >= 4 is 33.0 Å². The molecule has 1 heterocycles. The van der Waals surface area contributed by atoms with Crippen LogP contribution in [0.15, 0.2) is 47.6 Å². The lowest BCUT2D eigenvalue weighted by molar-refractivity contribution is -0.385. The Morgan fingerprint density at radius 1 is 1.22 bits per heavy atom. The van der Waals surface area contributed by atoms with Gasteiger partial charge >= 0.3 is 0 Å². The second-order valence-corrected chi connectivity index (χ2v) is 7.84. The Morgan fingerprint density at radius 3 is 2.44 bits per heavy atom. The molecule has 0 radical (unpaired) electrons. The number of sulfonamides is 1. The molecular formula is C16H14ClN5O4S. The number of hydrogen-bond donors (Lipinski definition) is 1. The number of anilines is 1. The van der Waals surface area contributed by atoms with Gasteiger partial charge in [0.15, 0.2) is 5.82 Å². The number of hydrogen-bond acceptors (Lipinski definition) is 6. The fourth-order valence-corrected chi connectivity index (χ4v) is 3.81. The van der Waals surface area contributed by atoms with Gasteiger partial charge in [0, 0.05) is 29.9 Å². The van der Waals surface area contributed by atoms with E-state index in [-0.39, 0.29) is 21.2 Å². The molecule has 0 unspecified atom stereocenters. The van der Waals surface area contributed by atoms with E-state index >= 15 is 0 Å². The minimum absolute atomic E-state index is 0.00204. The van der Waals surface area contributed by atoms with Crippen LogP contribution in [0.25, 0.3) is 11.4 Å². The standard InChI is InChI=1S/C16H14ClN5O4S/c1-10-14(17)7-13(8-15(10)22(23)24)27(25,26)20-12-5-3-11(4-6-12)16-19-18-9-21(16)2/h3-9,20H,1-2H3. The Hall–Kier alpha value is -2.98. The van der Waals surface area contributed by atoms with Crippen molar-refractivity contribution in [3.63, 3.8) is 0 Å². The summed E-state index contributed by atoms with van der Waals surface area (Å²) >= 11 is 5.95. The van der Waals surface area contributed by atoms with Gasteiger partial charge in [0.1, 0.15) is 6.33 Å². The van der Waals surface area contributed by atoms with Gasteiger partial charge in [-0.05, 0) is 37.3 Å². The fourth-order valence-electron chi connectivity index (χ4n) is 2.43. The second-order valence-electron chi connectivity index (χ2n) is 5.75. The SMILES string of the molecule is Cc1c(Cl)cc(S(=O)(=O)Nc2ccc(-c3nncn3C)cc2)cc1[N+](=O)[O-]. The first-order valence-corrected chi connectivity index (χ1v) is 9.47. The maximum atomic E-state index is 12.6. The number of nitro groups is 1. The van der Waals surface area contributed by atoms with Crippen LogP contribution in [0.1, 0.15) is 5.56 Å². The molecule has 0 aliphatic heterocycles. The first kappa shape index (κ1) is 18.8. The van der Waals surface area contributed by atoms with E-state index in [1.54, 1.807) is 42.2 Å². The first-order valence-electron chi connectivity index (χ1n) is 7.61.